The van der Waals surface area contributed by atoms with Gasteiger partial charge in [0.1, 0.15) is 5.75 Å². The third-order valence-electron chi connectivity index (χ3n) is 3.55. The molecule has 1 aromatic rings. The van der Waals surface area contributed by atoms with Gasteiger partial charge in [0.05, 0.1) is 0 Å². The Morgan fingerprint density at radius 1 is 1.30 bits per heavy atom. The van der Waals surface area contributed by atoms with Crippen LogP contribution in [0.2, 0.25) is 0 Å². The van der Waals surface area contributed by atoms with Gasteiger partial charge in [-0.2, -0.15) is 0 Å². The highest BCUT2D eigenvalue weighted by molar-refractivity contribution is 5.80. The van der Waals surface area contributed by atoms with Crippen LogP contribution in [0.5, 0.6) is 5.75 Å². The first-order valence-corrected chi connectivity index (χ1v) is 7.18. The molecule has 1 fully saturated rings. The second-order valence-corrected chi connectivity index (χ2v) is 5.24. The molecule has 0 aliphatic heterocycles. The number of aliphatic carboxylic acids is 1. The van der Waals surface area contributed by atoms with Crippen molar-refractivity contribution in [2.75, 3.05) is 0 Å². The number of benzene rings is 1. The zero-order valence-corrected chi connectivity index (χ0v) is 11.8. The number of hydrogen-bond donors (Lipinski definition) is 1. The quantitative estimate of drug-likeness (QED) is 0.839. The summed E-state index contributed by atoms with van der Waals surface area (Å²) >= 11 is 0. The molecule has 0 bridgehead atoms. The molecule has 0 radical (unpaired) electrons. The van der Waals surface area contributed by atoms with E-state index in [1.54, 1.807) is 12.1 Å². The van der Waals surface area contributed by atoms with E-state index >= 15 is 0 Å². The highest BCUT2D eigenvalue weighted by atomic mass is 16.5. The summed E-state index contributed by atoms with van der Waals surface area (Å²) in [5.41, 5.74) is 1.02. The van der Waals surface area contributed by atoms with Crippen molar-refractivity contribution in [2.45, 2.75) is 51.2 Å². The molecule has 0 aromatic heterocycles. The minimum atomic E-state index is -0.965. The van der Waals surface area contributed by atoms with E-state index < -0.39 is 12.1 Å². The maximum absolute atomic E-state index is 10.7. The van der Waals surface area contributed by atoms with E-state index in [4.69, 9.17) is 9.84 Å². The summed E-state index contributed by atoms with van der Waals surface area (Å²) in [4.78, 5) is 15.3. The monoisotopic (exact) mass is 275 g/mol. The van der Waals surface area contributed by atoms with Gasteiger partial charge in [0.15, 0.2) is 6.10 Å². The van der Waals surface area contributed by atoms with Crippen LogP contribution in [-0.2, 0) is 4.79 Å². The molecular formula is C16H21NO3. The van der Waals surface area contributed by atoms with Gasteiger partial charge in [-0.15, -0.1) is 0 Å². The van der Waals surface area contributed by atoms with Crippen molar-refractivity contribution >= 4 is 12.2 Å². The van der Waals surface area contributed by atoms with Gasteiger partial charge in [0.25, 0.3) is 0 Å². The zero-order chi connectivity index (χ0) is 14.4. The predicted octanol–water partition coefficient (Wildman–Crippen LogP) is 3.29. The minimum Gasteiger partial charge on any atom is -0.479 e. The predicted molar refractivity (Wildman–Crippen MR) is 78.6 cm³/mol. The topological polar surface area (TPSA) is 58.9 Å². The van der Waals surface area contributed by atoms with Crippen LogP contribution in [0.15, 0.2) is 29.3 Å². The van der Waals surface area contributed by atoms with E-state index in [0.29, 0.717) is 11.8 Å². The van der Waals surface area contributed by atoms with Gasteiger partial charge < -0.3 is 9.84 Å². The van der Waals surface area contributed by atoms with E-state index in [0.717, 1.165) is 5.56 Å². The average molecular weight is 275 g/mol. The van der Waals surface area contributed by atoms with Crippen LogP contribution in [0, 0.1) is 0 Å². The third-order valence-corrected chi connectivity index (χ3v) is 3.55. The molecule has 4 nitrogen and oxygen atoms in total. The van der Waals surface area contributed by atoms with Crippen LogP contribution < -0.4 is 4.74 Å². The van der Waals surface area contributed by atoms with Crippen LogP contribution in [0.4, 0.5) is 0 Å². The smallest absolute Gasteiger partial charge is 0.344 e. The molecule has 0 unspecified atom stereocenters. The maximum Gasteiger partial charge on any atom is 0.344 e. The van der Waals surface area contributed by atoms with Gasteiger partial charge in [-0.1, -0.05) is 19.3 Å². The Bertz CT molecular complexity index is 461. The van der Waals surface area contributed by atoms with Gasteiger partial charge in [-0.25, -0.2) is 4.79 Å². The number of rotatable bonds is 5. The second kappa shape index (κ2) is 7.08. The van der Waals surface area contributed by atoms with Crippen molar-refractivity contribution in [3.8, 4) is 5.75 Å². The SMILES string of the molecule is C[C@@H](Oc1ccc(C=NC2CCCCC2)cc1)C(=O)O. The first kappa shape index (κ1) is 14.6. The highest BCUT2D eigenvalue weighted by Crippen LogP contribution is 2.20. The number of aliphatic imine (C=N–C) groups is 1. The van der Waals surface area contributed by atoms with Gasteiger partial charge in [-0.3, -0.25) is 4.99 Å². The number of hydrogen-bond acceptors (Lipinski definition) is 3. The third kappa shape index (κ3) is 4.37. The first-order valence-electron chi connectivity index (χ1n) is 7.18. The Morgan fingerprint density at radius 3 is 2.55 bits per heavy atom. The Hall–Kier alpha value is -1.84. The molecule has 1 atom stereocenters. The van der Waals surface area contributed by atoms with Crippen LogP contribution in [0.3, 0.4) is 0 Å². The van der Waals surface area contributed by atoms with Crippen molar-refractivity contribution in [2.24, 2.45) is 4.99 Å². The van der Waals surface area contributed by atoms with Crippen molar-refractivity contribution in [1.29, 1.82) is 0 Å². The van der Waals surface area contributed by atoms with E-state index in [1.165, 1.54) is 39.0 Å². The molecule has 4 heteroatoms. The normalized spacial score (nSPS) is 18.1. The molecule has 0 spiro atoms. The number of carboxylic acid groups (broad SMARTS) is 1. The summed E-state index contributed by atoms with van der Waals surface area (Å²) in [7, 11) is 0. The largest absolute Gasteiger partial charge is 0.479 e. The molecule has 0 heterocycles. The van der Waals surface area contributed by atoms with E-state index in [-0.39, 0.29) is 0 Å². The zero-order valence-electron chi connectivity index (χ0n) is 11.8. The minimum absolute atomic E-state index is 0.465. The number of carbonyl (C=O) groups is 1. The highest BCUT2D eigenvalue weighted by Gasteiger charge is 2.12. The Balaban J connectivity index is 1.90. The molecule has 1 aromatic carbocycles. The van der Waals surface area contributed by atoms with Crippen molar-refractivity contribution in [1.82, 2.24) is 0 Å². The molecule has 1 aliphatic rings. The summed E-state index contributed by atoms with van der Waals surface area (Å²) in [5.74, 6) is -0.400. The number of nitrogens with zero attached hydrogens (tertiary/aromatic N) is 1. The molecule has 20 heavy (non-hydrogen) atoms. The summed E-state index contributed by atoms with van der Waals surface area (Å²) in [6, 6.07) is 7.82. The Labute approximate surface area is 119 Å². The fraction of sp³-hybridized carbons (Fsp3) is 0.500. The molecule has 108 valence electrons. The van der Waals surface area contributed by atoms with Gasteiger partial charge in [-0.05, 0) is 49.6 Å². The van der Waals surface area contributed by atoms with Gasteiger partial charge in [0, 0.05) is 12.3 Å². The van der Waals surface area contributed by atoms with Crippen LogP contribution in [0.1, 0.15) is 44.6 Å². The molecule has 2 rings (SSSR count). The van der Waals surface area contributed by atoms with E-state index in [9.17, 15) is 4.79 Å². The standard InChI is InChI=1S/C16H21NO3/c1-12(16(18)19)20-15-9-7-13(8-10-15)11-17-14-5-3-2-4-6-14/h7-12,14H,2-6H2,1H3,(H,18,19)/t12-/m1/s1. The van der Waals surface area contributed by atoms with Crippen molar-refractivity contribution < 1.29 is 14.6 Å². The van der Waals surface area contributed by atoms with E-state index in [1.807, 2.05) is 18.3 Å². The molecule has 0 saturated heterocycles. The number of carboxylic acids is 1. The first-order chi connectivity index (χ1) is 9.65. The van der Waals surface area contributed by atoms with Crippen LogP contribution >= 0.6 is 0 Å². The lowest BCUT2D eigenvalue weighted by atomic mass is 9.96. The van der Waals surface area contributed by atoms with Crippen LogP contribution in [-0.4, -0.2) is 29.4 Å². The Kier molecular flexibility index (Phi) is 5.16. The second-order valence-electron chi connectivity index (χ2n) is 5.24. The summed E-state index contributed by atoms with van der Waals surface area (Å²) in [6.07, 6.45) is 7.34. The van der Waals surface area contributed by atoms with E-state index in [2.05, 4.69) is 4.99 Å². The maximum atomic E-state index is 10.7. The summed E-state index contributed by atoms with van der Waals surface area (Å²) < 4.78 is 5.28. The van der Waals surface area contributed by atoms with Gasteiger partial charge in [0.2, 0.25) is 0 Å². The van der Waals surface area contributed by atoms with Gasteiger partial charge >= 0.3 is 5.97 Å². The summed E-state index contributed by atoms with van der Waals surface area (Å²) in [6.45, 7) is 1.51. The fourth-order valence-corrected chi connectivity index (χ4v) is 2.31. The van der Waals surface area contributed by atoms with Crippen molar-refractivity contribution in [3.63, 3.8) is 0 Å². The fourth-order valence-electron chi connectivity index (χ4n) is 2.31. The molecule has 1 N–H and O–H groups in total. The van der Waals surface area contributed by atoms with Crippen molar-refractivity contribution in [3.05, 3.63) is 29.8 Å². The molecule has 0 amide bonds. The molecule has 1 saturated carbocycles. The Morgan fingerprint density at radius 2 is 1.95 bits per heavy atom. The average Bonchev–Trinajstić information content (AvgIpc) is 2.47. The lowest BCUT2D eigenvalue weighted by Crippen LogP contribution is -2.22. The molecular weight excluding hydrogens is 254 g/mol. The lowest BCUT2D eigenvalue weighted by molar-refractivity contribution is -0.144. The lowest BCUT2D eigenvalue weighted by Gasteiger charge is -2.17. The van der Waals surface area contributed by atoms with Crippen LogP contribution in [0.25, 0.3) is 0 Å². The number of ether oxygens (including phenoxy) is 1. The summed E-state index contributed by atoms with van der Waals surface area (Å²) in [5, 5.41) is 8.78. The molecule has 1 aliphatic carbocycles.